The lowest BCUT2D eigenvalue weighted by molar-refractivity contribution is 0.875. The molecule has 0 aromatic heterocycles. The zero-order valence-corrected chi connectivity index (χ0v) is 9.96. The van der Waals surface area contributed by atoms with Crippen molar-refractivity contribution in [2.45, 2.75) is 33.6 Å². The Kier molecular flexibility index (Phi) is 2.52. The minimum atomic E-state index is 0.592. The van der Waals surface area contributed by atoms with Gasteiger partial charge in [-0.05, 0) is 47.2 Å². The van der Waals surface area contributed by atoms with Gasteiger partial charge in [-0.2, -0.15) is 0 Å². The third kappa shape index (κ3) is 1.65. The molecule has 0 fully saturated rings. The number of rotatable bonds is 1. The molecule has 78 valence electrons. The van der Waals surface area contributed by atoms with Crippen LogP contribution >= 0.6 is 0 Å². The summed E-state index contributed by atoms with van der Waals surface area (Å²) in [6.45, 7) is 8.91. The molecule has 0 spiro atoms. The van der Waals surface area contributed by atoms with Crippen molar-refractivity contribution in [2.24, 2.45) is 0 Å². The Labute approximate surface area is 91.9 Å². The molecule has 2 aromatic rings. The van der Waals surface area contributed by atoms with Gasteiger partial charge in [-0.3, -0.25) is 0 Å². The van der Waals surface area contributed by atoms with Crippen molar-refractivity contribution in [3.05, 3.63) is 47.0 Å². The topological polar surface area (TPSA) is 0 Å². The highest BCUT2D eigenvalue weighted by molar-refractivity contribution is 5.91. The zero-order valence-electron chi connectivity index (χ0n) is 9.96. The second-order valence-electron chi connectivity index (χ2n) is 4.62. The van der Waals surface area contributed by atoms with Crippen LogP contribution in [0.4, 0.5) is 0 Å². The van der Waals surface area contributed by atoms with Crippen LogP contribution in [0.2, 0.25) is 0 Å². The Morgan fingerprint density at radius 3 is 2.20 bits per heavy atom. The van der Waals surface area contributed by atoms with Crippen molar-refractivity contribution < 1.29 is 0 Å². The zero-order chi connectivity index (χ0) is 11.0. The molecule has 2 rings (SSSR count). The number of fused-ring (bicyclic) bond motifs is 1. The average molecular weight is 198 g/mol. The quantitative estimate of drug-likeness (QED) is 0.629. The smallest absolute Gasteiger partial charge is 0.0117 e. The van der Waals surface area contributed by atoms with Crippen molar-refractivity contribution in [1.82, 2.24) is 0 Å². The summed E-state index contributed by atoms with van der Waals surface area (Å²) in [7, 11) is 0. The monoisotopic (exact) mass is 198 g/mol. The molecule has 0 saturated heterocycles. The standard InChI is InChI=1S/C15H18/c1-10(2)13-6-5-7-14-11(3)8-9-12(4)15(13)14/h5-10H,1-4H3. The van der Waals surface area contributed by atoms with Crippen molar-refractivity contribution >= 4 is 10.8 Å². The lowest BCUT2D eigenvalue weighted by Gasteiger charge is -2.13. The van der Waals surface area contributed by atoms with Gasteiger partial charge in [-0.25, -0.2) is 0 Å². The summed E-state index contributed by atoms with van der Waals surface area (Å²) >= 11 is 0. The van der Waals surface area contributed by atoms with Crippen molar-refractivity contribution in [3.63, 3.8) is 0 Å². The molecule has 0 nitrogen and oxygen atoms in total. The molecular weight excluding hydrogens is 180 g/mol. The first-order valence-electron chi connectivity index (χ1n) is 5.60. The first-order chi connectivity index (χ1) is 7.11. The van der Waals surface area contributed by atoms with E-state index in [2.05, 4.69) is 58.0 Å². The highest BCUT2D eigenvalue weighted by Gasteiger charge is 2.08. The third-order valence-electron chi connectivity index (χ3n) is 3.12. The first kappa shape index (κ1) is 10.2. The normalized spacial score (nSPS) is 11.3. The summed E-state index contributed by atoms with van der Waals surface area (Å²) in [5.74, 6) is 0.592. The molecule has 0 heteroatoms. The van der Waals surface area contributed by atoms with Crippen LogP contribution in [0.5, 0.6) is 0 Å². The molecule has 15 heavy (non-hydrogen) atoms. The van der Waals surface area contributed by atoms with Gasteiger partial charge >= 0.3 is 0 Å². The van der Waals surface area contributed by atoms with Gasteiger partial charge in [0.25, 0.3) is 0 Å². The van der Waals surface area contributed by atoms with Crippen molar-refractivity contribution in [3.8, 4) is 0 Å². The van der Waals surface area contributed by atoms with E-state index in [1.807, 2.05) is 0 Å². The van der Waals surface area contributed by atoms with E-state index in [1.165, 1.54) is 27.5 Å². The van der Waals surface area contributed by atoms with Gasteiger partial charge in [-0.1, -0.05) is 44.2 Å². The second kappa shape index (κ2) is 3.69. The van der Waals surface area contributed by atoms with E-state index in [0.29, 0.717) is 5.92 Å². The van der Waals surface area contributed by atoms with Crippen LogP contribution in [0.1, 0.15) is 36.5 Å². The van der Waals surface area contributed by atoms with Crippen LogP contribution in [0.3, 0.4) is 0 Å². The van der Waals surface area contributed by atoms with Gasteiger partial charge in [0.15, 0.2) is 0 Å². The molecule has 0 radical (unpaired) electrons. The molecule has 2 aromatic carbocycles. The molecule has 0 bridgehead atoms. The fourth-order valence-electron chi connectivity index (χ4n) is 2.24. The van der Waals surface area contributed by atoms with Gasteiger partial charge in [0.05, 0.1) is 0 Å². The number of hydrogen-bond donors (Lipinski definition) is 0. The Balaban J connectivity index is 2.90. The van der Waals surface area contributed by atoms with Crippen LogP contribution in [-0.4, -0.2) is 0 Å². The maximum atomic E-state index is 2.26. The van der Waals surface area contributed by atoms with Crippen LogP contribution in [0.25, 0.3) is 10.8 Å². The summed E-state index contributed by atoms with van der Waals surface area (Å²) in [5, 5.41) is 2.86. The largest absolute Gasteiger partial charge is 0.0613 e. The van der Waals surface area contributed by atoms with E-state index in [1.54, 1.807) is 0 Å². The molecule has 0 aliphatic carbocycles. The van der Waals surface area contributed by atoms with Crippen molar-refractivity contribution in [2.75, 3.05) is 0 Å². The van der Waals surface area contributed by atoms with Crippen LogP contribution in [0.15, 0.2) is 30.3 Å². The first-order valence-corrected chi connectivity index (χ1v) is 5.60. The number of hydrogen-bond acceptors (Lipinski definition) is 0. The second-order valence-corrected chi connectivity index (χ2v) is 4.62. The van der Waals surface area contributed by atoms with E-state index < -0.39 is 0 Å². The average Bonchev–Trinajstić information content (AvgIpc) is 2.23. The summed E-state index contributed by atoms with van der Waals surface area (Å²) in [5.41, 5.74) is 4.23. The molecule has 0 aliphatic heterocycles. The predicted octanol–water partition coefficient (Wildman–Crippen LogP) is 4.58. The summed E-state index contributed by atoms with van der Waals surface area (Å²) in [6.07, 6.45) is 0. The minimum absolute atomic E-state index is 0.592. The Morgan fingerprint density at radius 1 is 0.867 bits per heavy atom. The van der Waals surface area contributed by atoms with Gasteiger partial charge in [0.2, 0.25) is 0 Å². The fraction of sp³-hybridized carbons (Fsp3) is 0.333. The SMILES string of the molecule is Cc1ccc(C)c2c(C(C)C)cccc12. The van der Waals surface area contributed by atoms with Gasteiger partial charge in [0, 0.05) is 0 Å². The summed E-state index contributed by atoms with van der Waals surface area (Å²) in [6, 6.07) is 11.1. The van der Waals surface area contributed by atoms with Gasteiger partial charge in [0.1, 0.15) is 0 Å². The Morgan fingerprint density at radius 2 is 1.53 bits per heavy atom. The van der Waals surface area contributed by atoms with Gasteiger partial charge in [-0.15, -0.1) is 0 Å². The summed E-state index contributed by atoms with van der Waals surface area (Å²) in [4.78, 5) is 0. The molecule has 0 saturated carbocycles. The van der Waals surface area contributed by atoms with E-state index in [-0.39, 0.29) is 0 Å². The number of benzene rings is 2. The van der Waals surface area contributed by atoms with Crippen LogP contribution in [-0.2, 0) is 0 Å². The molecule has 0 amide bonds. The van der Waals surface area contributed by atoms with Gasteiger partial charge < -0.3 is 0 Å². The minimum Gasteiger partial charge on any atom is -0.0613 e. The van der Waals surface area contributed by atoms with E-state index >= 15 is 0 Å². The number of aryl methyl sites for hydroxylation is 2. The molecular formula is C15H18. The van der Waals surface area contributed by atoms with E-state index in [9.17, 15) is 0 Å². The predicted molar refractivity (Wildman–Crippen MR) is 67.5 cm³/mol. The van der Waals surface area contributed by atoms with Crippen LogP contribution < -0.4 is 0 Å². The lowest BCUT2D eigenvalue weighted by Crippen LogP contribution is -1.92. The van der Waals surface area contributed by atoms with Crippen molar-refractivity contribution in [1.29, 1.82) is 0 Å². The summed E-state index contributed by atoms with van der Waals surface area (Å²) < 4.78 is 0. The van der Waals surface area contributed by atoms with E-state index in [0.717, 1.165) is 0 Å². The molecule has 0 atom stereocenters. The Hall–Kier alpha value is -1.30. The fourth-order valence-corrected chi connectivity index (χ4v) is 2.24. The Bertz CT molecular complexity index is 493. The highest BCUT2D eigenvalue weighted by atomic mass is 14.1. The molecule has 0 heterocycles. The molecule has 0 N–H and O–H groups in total. The molecule has 0 unspecified atom stereocenters. The van der Waals surface area contributed by atoms with E-state index in [4.69, 9.17) is 0 Å². The lowest BCUT2D eigenvalue weighted by atomic mass is 9.91. The maximum Gasteiger partial charge on any atom is -0.0117 e. The molecule has 0 aliphatic rings. The van der Waals surface area contributed by atoms with Crippen LogP contribution in [0, 0.1) is 13.8 Å². The maximum absolute atomic E-state index is 2.26. The third-order valence-corrected chi connectivity index (χ3v) is 3.12. The highest BCUT2D eigenvalue weighted by Crippen LogP contribution is 2.29.